The van der Waals surface area contributed by atoms with E-state index in [9.17, 15) is 20.0 Å². The smallest absolute Gasteiger partial charge is 0.315 e. The van der Waals surface area contributed by atoms with E-state index in [4.69, 9.17) is 4.74 Å². The summed E-state index contributed by atoms with van der Waals surface area (Å²) in [5.74, 6) is -0.498. The van der Waals surface area contributed by atoms with Gasteiger partial charge in [0.25, 0.3) is 0 Å². The minimum Gasteiger partial charge on any atom is -0.502 e. The predicted octanol–water partition coefficient (Wildman–Crippen LogP) is 1.12. The number of ether oxygens (including phenoxy) is 1. The molecule has 1 aromatic rings. The lowest BCUT2D eigenvalue weighted by atomic mass is 10.2. The zero-order valence-electron chi connectivity index (χ0n) is 7.26. The van der Waals surface area contributed by atoms with Crippen LogP contribution in [0, 0.1) is 10.1 Å². The number of aldehydes is 1. The van der Waals surface area contributed by atoms with Crippen molar-refractivity contribution in [3.05, 3.63) is 27.8 Å². The van der Waals surface area contributed by atoms with Crippen LogP contribution in [0.4, 0.5) is 5.69 Å². The summed E-state index contributed by atoms with van der Waals surface area (Å²) >= 11 is 0. The van der Waals surface area contributed by atoms with Gasteiger partial charge >= 0.3 is 5.69 Å². The second kappa shape index (κ2) is 3.73. The minimum absolute atomic E-state index is 0.150. The molecule has 0 heterocycles. The van der Waals surface area contributed by atoms with Gasteiger partial charge in [0.15, 0.2) is 6.29 Å². The number of methoxy groups -OCH3 is 1. The van der Waals surface area contributed by atoms with Gasteiger partial charge < -0.3 is 9.84 Å². The lowest BCUT2D eigenvalue weighted by Crippen LogP contribution is -1.94. The summed E-state index contributed by atoms with van der Waals surface area (Å²) < 4.78 is 4.73. The van der Waals surface area contributed by atoms with E-state index in [1.807, 2.05) is 0 Å². The van der Waals surface area contributed by atoms with Crippen LogP contribution in [0.2, 0.25) is 0 Å². The van der Waals surface area contributed by atoms with Crippen LogP contribution in [0.5, 0.6) is 11.5 Å². The maximum atomic E-state index is 10.4. The first kappa shape index (κ1) is 9.97. The number of benzene rings is 1. The molecule has 1 aromatic carbocycles. The normalized spacial score (nSPS) is 9.50. The SMILES string of the molecule is COc1cc(C=O)c(O)c([N+](=O)[O-])c1. The van der Waals surface area contributed by atoms with E-state index in [0.29, 0.717) is 6.29 Å². The minimum atomic E-state index is -0.787. The summed E-state index contributed by atoms with van der Waals surface area (Å²) in [6.07, 6.45) is 0.324. The third kappa shape index (κ3) is 1.63. The van der Waals surface area contributed by atoms with Gasteiger partial charge in [-0.3, -0.25) is 14.9 Å². The number of nitrogens with zero attached hydrogens (tertiary/aromatic N) is 1. The molecule has 0 bridgehead atoms. The molecule has 1 rings (SSSR count). The van der Waals surface area contributed by atoms with Crippen LogP contribution in [-0.4, -0.2) is 23.4 Å². The van der Waals surface area contributed by atoms with E-state index < -0.39 is 16.4 Å². The molecule has 0 aliphatic rings. The van der Waals surface area contributed by atoms with Crippen LogP contribution >= 0.6 is 0 Å². The highest BCUT2D eigenvalue weighted by Crippen LogP contribution is 2.33. The fourth-order valence-corrected chi connectivity index (χ4v) is 0.961. The molecule has 0 radical (unpaired) electrons. The number of hydrogen-bond acceptors (Lipinski definition) is 5. The van der Waals surface area contributed by atoms with Crippen molar-refractivity contribution in [1.82, 2.24) is 0 Å². The molecule has 0 amide bonds. The Kier molecular flexibility index (Phi) is 2.66. The molecule has 6 nitrogen and oxygen atoms in total. The molecule has 0 saturated carbocycles. The van der Waals surface area contributed by atoms with E-state index in [1.54, 1.807) is 0 Å². The van der Waals surface area contributed by atoms with Gasteiger partial charge in [-0.25, -0.2) is 0 Å². The summed E-state index contributed by atoms with van der Waals surface area (Å²) in [7, 11) is 1.31. The molecule has 14 heavy (non-hydrogen) atoms. The summed E-state index contributed by atoms with van der Waals surface area (Å²) in [5, 5.41) is 19.7. The molecule has 0 atom stereocenters. The van der Waals surface area contributed by atoms with Crippen LogP contribution in [0.1, 0.15) is 10.4 Å². The Morgan fingerprint density at radius 3 is 2.64 bits per heavy atom. The number of hydrogen-bond donors (Lipinski definition) is 1. The standard InChI is InChI=1S/C8H7NO5/c1-14-6-2-5(4-10)8(11)7(3-6)9(12)13/h2-4,11H,1H3. The van der Waals surface area contributed by atoms with Crippen LogP contribution < -0.4 is 4.74 Å². The Hall–Kier alpha value is -2.11. The highest BCUT2D eigenvalue weighted by atomic mass is 16.6. The van der Waals surface area contributed by atoms with Crippen LogP contribution in [0.15, 0.2) is 12.1 Å². The van der Waals surface area contributed by atoms with Crippen molar-refractivity contribution >= 4 is 12.0 Å². The summed E-state index contributed by atoms with van der Waals surface area (Å²) in [6.45, 7) is 0. The molecule has 1 N–H and O–H groups in total. The largest absolute Gasteiger partial charge is 0.502 e. The topological polar surface area (TPSA) is 89.7 Å². The molecule has 74 valence electrons. The lowest BCUT2D eigenvalue weighted by molar-refractivity contribution is -0.385. The highest BCUT2D eigenvalue weighted by molar-refractivity contribution is 5.83. The molecule has 0 saturated heterocycles. The van der Waals surface area contributed by atoms with Crippen molar-refractivity contribution in [2.75, 3.05) is 7.11 Å². The molecule has 6 heteroatoms. The zero-order chi connectivity index (χ0) is 10.7. The molecule has 0 aliphatic carbocycles. The fourth-order valence-electron chi connectivity index (χ4n) is 0.961. The van der Waals surface area contributed by atoms with Gasteiger partial charge in [-0.1, -0.05) is 0 Å². The number of phenolic OH excluding ortho intramolecular Hbond substituents is 1. The van der Waals surface area contributed by atoms with Crippen molar-refractivity contribution in [1.29, 1.82) is 0 Å². The molecule has 0 spiro atoms. The summed E-state index contributed by atoms with van der Waals surface area (Å²) in [6, 6.07) is 2.26. The summed E-state index contributed by atoms with van der Waals surface area (Å²) in [4.78, 5) is 20.1. The van der Waals surface area contributed by atoms with E-state index in [-0.39, 0.29) is 11.3 Å². The number of carbonyl (C=O) groups is 1. The van der Waals surface area contributed by atoms with Crippen molar-refractivity contribution in [3.63, 3.8) is 0 Å². The third-order valence-corrected chi connectivity index (χ3v) is 1.65. The Labute approximate surface area is 78.9 Å². The van der Waals surface area contributed by atoms with Gasteiger partial charge in [0.2, 0.25) is 5.75 Å². The van der Waals surface area contributed by atoms with Gasteiger partial charge in [0.05, 0.1) is 23.7 Å². The first-order chi connectivity index (χ1) is 6.60. The Balaban J connectivity index is 3.41. The Morgan fingerprint density at radius 1 is 1.57 bits per heavy atom. The Bertz CT molecular complexity index is 388. The summed E-state index contributed by atoms with van der Waals surface area (Å²) in [5.41, 5.74) is -0.720. The van der Waals surface area contributed by atoms with Gasteiger partial charge in [-0.2, -0.15) is 0 Å². The van der Waals surface area contributed by atoms with Crippen LogP contribution in [0.3, 0.4) is 0 Å². The van der Waals surface area contributed by atoms with Crippen molar-refractivity contribution in [2.24, 2.45) is 0 Å². The van der Waals surface area contributed by atoms with Gasteiger partial charge in [-0.05, 0) is 6.07 Å². The fraction of sp³-hybridized carbons (Fsp3) is 0.125. The number of aromatic hydroxyl groups is 1. The van der Waals surface area contributed by atoms with Gasteiger partial charge in [-0.15, -0.1) is 0 Å². The second-order valence-electron chi connectivity index (χ2n) is 2.46. The lowest BCUT2D eigenvalue weighted by Gasteiger charge is -2.02. The van der Waals surface area contributed by atoms with Gasteiger partial charge in [0.1, 0.15) is 5.75 Å². The number of carbonyl (C=O) groups excluding carboxylic acids is 1. The quantitative estimate of drug-likeness (QED) is 0.445. The molecular weight excluding hydrogens is 190 g/mol. The van der Waals surface area contributed by atoms with E-state index in [1.165, 1.54) is 13.2 Å². The van der Waals surface area contributed by atoms with Crippen LogP contribution in [-0.2, 0) is 0 Å². The first-order valence-corrected chi connectivity index (χ1v) is 3.60. The number of phenols is 1. The number of rotatable bonds is 3. The maximum Gasteiger partial charge on any atom is 0.315 e. The Morgan fingerprint density at radius 2 is 2.21 bits per heavy atom. The molecule has 0 fully saturated rings. The van der Waals surface area contributed by atoms with Crippen molar-refractivity contribution in [2.45, 2.75) is 0 Å². The van der Waals surface area contributed by atoms with Crippen molar-refractivity contribution in [3.8, 4) is 11.5 Å². The zero-order valence-corrected chi connectivity index (χ0v) is 7.26. The van der Waals surface area contributed by atoms with E-state index in [0.717, 1.165) is 6.07 Å². The maximum absolute atomic E-state index is 10.4. The number of nitro groups is 1. The highest BCUT2D eigenvalue weighted by Gasteiger charge is 2.18. The first-order valence-electron chi connectivity index (χ1n) is 3.60. The molecule has 0 aliphatic heterocycles. The van der Waals surface area contributed by atoms with E-state index in [2.05, 4.69) is 0 Å². The van der Waals surface area contributed by atoms with Crippen LogP contribution in [0.25, 0.3) is 0 Å². The second-order valence-corrected chi connectivity index (χ2v) is 2.46. The average molecular weight is 197 g/mol. The van der Waals surface area contributed by atoms with E-state index >= 15 is 0 Å². The predicted molar refractivity (Wildman–Crippen MR) is 46.7 cm³/mol. The molecule has 0 unspecified atom stereocenters. The number of nitro benzene ring substituents is 1. The average Bonchev–Trinajstić information content (AvgIpc) is 2.17. The van der Waals surface area contributed by atoms with Gasteiger partial charge in [0, 0.05) is 0 Å². The molecular formula is C8H7NO5. The third-order valence-electron chi connectivity index (χ3n) is 1.65. The van der Waals surface area contributed by atoms with Crippen molar-refractivity contribution < 1.29 is 19.6 Å². The monoisotopic (exact) mass is 197 g/mol. The molecule has 0 aromatic heterocycles.